The molecule has 41 heavy (non-hydrogen) atoms. The molecular formula is C38H74O3. The third kappa shape index (κ3) is 37.1. The molecule has 0 radical (unpaired) electrons. The Bertz CT molecular complexity index is 516. The van der Waals surface area contributed by atoms with Gasteiger partial charge in [-0.3, -0.25) is 4.79 Å². The van der Waals surface area contributed by atoms with Crippen molar-refractivity contribution in [1.82, 2.24) is 0 Å². The molecule has 0 aliphatic heterocycles. The van der Waals surface area contributed by atoms with Gasteiger partial charge >= 0.3 is 5.97 Å². The van der Waals surface area contributed by atoms with Crippen LogP contribution in [0.3, 0.4) is 0 Å². The maximum absolute atomic E-state index is 11.9. The van der Waals surface area contributed by atoms with Crippen LogP contribution in [0.5, 0.6) is 0 Å². The second-order valence-electron chi connectivity index (χ2n) is 12.5. The van der Waals surface area contributed by atoms with Gasteiger partial charge in [0.25, 0.3) is 0 Å². The summed E-state index contributed by atoms with van der Waals surface area (Å²) in [4.78, 5) is 11.9. The average molecular weight is 579 g/mol. The Morgan fingerprint density at radius 3 is 1.22 bits per heavy atom. The van der Waals surface area contributed by atoms with Gasteiger partial charge in [-0.1, -0.05) is 174 Å². The largest absolute Gasteiger partial charge is 0.463 e. The molecule has 0 heterocycles. The summed E-state index contributed by atoms with van der Waals surface area (Å²) >= 11 is 0. The second-order valence-corrected chi connectivity index (χ2v) is 12.5. The zero-order chi connectivity index (χ0) is 29.7. The summed E-state index contributed by atoms with van der Waals surface area (Å²) < 4.78 is 11.0. The van der Waals surface area contributed by atoms with Crippen LogP contribution in [0.2, 0.25) is 0 Å². The average Bonchev–Trinajstić information content (AvgIpc) is 2.98. The van der Waals surface area contributed by atoms with Gasteiger partial charge in [0.05, 0.1) is 6.61 Å². The van der Waals surface area contributed by atoms with Gasteiger partial charge in [0.2, 0.25) is 0 Å². The van der Waals surface area contributed by atoms with Crippen molar-refractivity contribution >= 4 is 5.97 Å². The van der Waals surface area contributed by atoms with Crippen molar-refractivity contribution in [2.24, 2.45) is 0 Å². The van der Waals surface area contributed by atoms with E-state index in [-0.39, 0.29) is 5.97 Å². The molecule has 244 valence electrons. The summed E-state index contributed by atoms with van der Waals surface area (Å²) in [7, 11) is 0. The highest BCUT2D eigenvalue weighted by atomic mass is 16.6. The standard InChI is InChI=1S/C38H74O3/c1-3-5-7-9-11-13-15-17-19-21-23-25-27-29-31-33-35-40-36-37-41-38(39)34-32-30-28-26-24-22-20-18-16-14-12-10-8-6-4-2/h18,20H,3-17,19,21-37H2,1-2H3. The van der Waals surface area contributed by atoms with Gasteiger partial charge in [0.15, 0.2) is 0 Å². The Hall–Kier alpha value is -0.830. The lowest BCUT2D eigenvalue weighted by atomic mass is 10.0. The van der Waals surface area contributed by atoms with Crippen molar-refractivity contribution in [3.05, 3.63) is 12.2 Å². The topological polar surface area (TPSA) is 35.5 Å². The highest BCUT2D eigenvalue weighted by molar-refractivity contribution is 5.69. The lowest BCUT2D eigenvalue weighted by Gasteiger charge is -2.07. The number of ether oxygens (including phenoxy) is 2. The number of carbonyl (C=O) groups is 1. The SMILES string of the molecule is CCCCCCCCC=CCCCCCCCC(=O)OCCOCCCCCCCCCCCCCCCCCC. The van der Waals surface area contributed by atoms with Crippen molar-refractivity contribution in [3.63, 3.8) is 0 Å². The quantitative estimate of drug-likeness (QED) is 0.0426. The normalized spacial score (nSPS) is 11.6. The van der Waals surface area contributed by atoms with E-state index in [1.165, 1.54) is 167 Å². The van der Waals surface area contributed by atoms with Gasteiger partial charge in [0.1, 0.15) is 6.61 Å². The molecule has 0 spiro atoms. The van der Waals surface area contributed by atoms with Crippen LogP contribution in [0.25, 0.3) is 0 Å². The van der Waals surface area contributed by atoms with Gasteiger partial charge in [-0.2, -0.15) is 0 Å². The molecule has 0 aromatic rings. The lowest BCUT2D eigenvalue weighted by molar-refractivity contribution is -0.145. The van der Waals surface area contributed by atoms with Crippen molar-refractivity contribution in [3.8, 4) is 0 Å². The van der Waals surface area contributed by atoms with Gasteiger partial charge in [-0.25, -0.2) is 0 Å². The molecule has 0 rings (SSSR count). The minimum absolute atomic E-state index is 0.0614. The molecule has 0 aromatic carbocycles. The van der Waals surface area contributed by atoms with E-state index in [1.807, 2.05) is 0 Å². The molecule has 0 saturated heterocycles. The maximum atomic E-state index is 11.9. The summed E-state index contributed by atoms with van der Waals surface area (Å²) in [5, 5.41) is 0. The van der Waals surface area contributed by atoms with Crippen molar-refractivity contribution < 1.29 is 14.3 Å². The van der Waals surface area contributed by atoms with E-state index in [4.69, 9.17) is 9.47 Å². The highest BCUT2D eigenvalue weighted by Crippen LogP contribution is 2.14. The van der Waals surface area contributed by atoms with E-state index in [1.54, 1.807) is 0 Å². The molecule has 3 heteroatoms. The molecule has 0 aromatic heterocycles. The predicted octanol–water partition coefficient (Wildman–Crippen LogP) is 12.8. The molecule has 0 aliphatic carbocycles. The molecule has 0 amide bonds. The first-order chi connectivity index (χ1) is 20.3. The van der Waals surface area contributed by atoms with Crippen LogP contribution < -0.4 is 0 Å². The second kappa shape index (κ2) is 37.2. The van der Waals surface area contributed by atoms with Crippen LogP contribution in [-0.4, -0.2) is 25.8 Å². The third-order valence-electron chi connectivity index (χ3n) is 8.28. The summed E-state index contributed by atoms with van der Waals surface area (Å²) in [5.74, 6) is -0.0614. The molecule has 0 N–H and O–H groups in total. The fourth-order valence-electron chi connectivity index (χ4n) is 5.48. The van der Waals surface area contributed by atoms with Crippen molar-refractivity contribution in [1.29, 1.82) is 0 Å². The van der Waals surface area contributed by atoms with E-state index in [2.05, 4.69) is 26.0 Å². The molecule has 0 atom stereocenters. The van der Waals surface area contributed by atoms with Crippen LogP contribution in [0, 0.1) is 0 Å². The zero-order valence-electron chi connectivity index (χ0n) is 28.2. The number of hydrogen-bond donors (Lipinski definition) is 0. The molecule has 0 aliphatic rings. The number of unbranched alkanes of at least 4 members (excludes halogenated alkanes) is 26. The number of esters is 1. The van der Waals surface area contributed by atoms with Crippen molar-refractivity contribution in [2.75, 3.05) is 19.8 Å². The van der Waals surface area contributed by atoms with Crippen LogP contribution in [0.4, 0.5) is 0 Å². The lowest BCUT2D eigenvalue weighted by Crippen LogP contribution is -2.10. The molecule has 0 fully saturated rings. The fraction of sp³-hybridized carbons (Fsp3) is 0.921. The molecule has 0 bridgehead atoms. The molecule has 0 saturated carbocycles. The van der Waals surface area contributed by atoms with E-state index in [0.29, 0.717) is 19.6 Å². The first-order valence-corrected chi connectivity index (χ1v) is 18.7. The first kappa shape index (κ1) is 40.2. The number of carbonyl (C=O) groups excluding carboxylic acids is 1. The summed E-state index contributed by atoms with van der Waals surface area (Å²) in [6.07, 6.45) is 44.1. The Labute approximate surface area is 258 Å². The highest BCUT2D eigenvalue weighted by Gasteiger charge is 2.02. The Morgan fingerprint density at radius 2 is 0.780 bits per heavy atom. The first-order valence-electron chi connectivity index (χ1n) is 18.7. The number of allylic oxidation sites excluding steroid dienone is 2. The Balaban J connectivity index is 3.17. The summed E-state index contributed by atoms with van der Waals surface area (Å²) in [6, 6.07) is 0. The van der Waals surface area contributed by atoms with Crippen LogP contribution >= 0.6 is 0 Å². The van der Waals surface area contributed by atoms with Gasteiger partial charge in [0, 0.05) is 13.0 Å². The smallest absolute Gasteiger partial charge is 0.305 e. The van der Waals surface area contributed by atoms with Gasteiger partial charge in [-0.15, -0.1) is 0 Å². The number of hydrogen-bond acceptors (Lipinski definition) is 3. The van der Waals surface area contributed by atoms with E-state index in [0.717, 1.165) is 25.9 Å². The number of rotatable bonds is 35. The monoisotopic (exact) mass is 579 g/mol. The molecular weight excluding hydrogens is 504 g/mol. The summed E-state index contributed by atoms with van der Waals surface area (Å²) in [6.45, 7) is 6.30. The van der Waals surface area contributed by atoms with E-state index in [9.17, 15) is 4.79 Å². The summed E-state index contributed by atoms with van der Waals surface area (Å²) in [5.41, 5.74) is 0. The van der Waals surface area contributed by atoms with Crippen LogP contribution in [-0.2, 0) is 14.3 Å². The minimum Gasteiger partial charge on any atom is -0.463 e. The zero-order valence-corrected chi connectivity index (χ0v) is 28.2. The van der Waals surface area contributed by atoms with Gasteiger partial charge in [-0.05, 0) is 38.5 Å². The fourth-order valence-corrected chi connectivity index (χ4v) is 5.48. The Morgan fingerprint density at radius 1 is 0.415 bits per heavy atom. The Kier molecular flexibility index (Phi) is 36.4. The van der Waals surface area contributed by atoms with E-state index < -0.39 is 0 Å². The minimum atomic E-state index is -0.0614. The van der Waals surface area contributed by atoms with Crippen LogP contribution in [0.15, 0.2) is 12.2 Å². The third-order valence-corrected chi connectivity index (χ3v) is 8.28. The van der Waals surface area contributed by atoms with Crippen LogP contribution in [0.1, 0.15) is 206 Å². The molecule has 3 nitrogen and oxygen atoms in total. The van der Waals surface area contributed by atoms with E-state index >= 15 is 0 Å². The predicted molar refractivity (Wildman–Crippen MR) is 181 cm³/mol. The maximum Gasteiger partial charge on any atom is 0.305 e. The molecule has 0 unspecified atom stereocenters. The van der Waals surface area contributed by atoms with Crippen molar-refractivity contribution in [2.45, 2.75) is 206 Å². The van der Waals surface area contributed by atoms with Gasteiger partial charge < -0.3 is 9.47 Å².